The number of para-hydroxylation sites is 1. The van der Waals surface area contributed by atoms with Crippen molar-refractivity contribution in [3.8, 4) is 0 Å². The first-order chi connectivity index (χ1) is 9.25. The van der Waals surface area contributed by atoms with Crippen molar-refractivity contribution >= 4 is 5.69 Å². The highest BCUT2D eigenvalue weighted by atomic mass is 17.0. The average molecular weight is 258 g/mol. The summed E-state index contributed by atoms with van der Waals surface area (Å²) in [7, 11) is 0. The van der Waals surface area contributed by atoms with E-state index in [1.807, 2.05) is 48.5 Å². The van der Waals surface area contributed by atoms with Gasteiger partial charge in [0.2, 0.25) is 0 Å². The van der Waals surface area contributed by atoms with Crippen molar-refractivity contribution in [1.29, 1.82) is 0 Å². The Labute approximate surface area is 111 Å². The summed E-state index contributed by atoms with van der Waals surface area (Å²) in [6, 6.07) is 18.8. The molecule has 0 N–H and O–H groups in total. The molecule has 0 atom stereocenters. The first kappa shape index (κ1) is 12.9. The van der Waals surface area contributed by atoms with Gasteiger partial charge in [0, 0.05) is 6.54 Å². The van der Waals surface area contributed by atoms with Gasteiger partial charge in [-0.25, -0.2) is 5.06 Å². The molecule has 0 aromatic heterocycles. The van der Waals surface area contributed by atoms with Gasteiger partial charge < -0.3 is 0 Å². The van der Waals surface area contributed by atoms with Crippen LogP contribution in [0, 0.1) is 10.1 Å². The smallest absolute Gasteiger partial charge is 0.212 e. The van der Waals surface area contributed by atoms with E-state index in [1.165, 1.54) is 5.06 Å². The van der Waals surface area contributed by atoms with E-state index in [9.17, 15) is 10.1 Å². The van der Waals surface area contributed by atoms with Gasteiger partial charge in [-0.3, -0.25) is 0 Å². The van der Waals surface area contributed by atoms with Crippen LogP contribution in [-0.2, 0) is 11.4 Å². The lowest BCUT2D eigenvalue weighted by Crippen LogP contribution is -2.28. The van der Waals surface area contributed by atoms with Gasteiger partial charge in [-0.1, -0.05) is 48.5 Å². The van der Waals surface area contributed by atoms with Gasteiger partial charge in [0.25, 0.3) is 0 Å². The lowest BCUT2D eigenvalue weighted by atomic mass is 10.1. The largest absolute Gasteiger partial charge is 0.317 e. The zero-order valence-electron chi connectivity index (χ0n) is 10.3. The molecule has 0 heterocycles. The minimum Gasteiger partial charge on any atom is -0.212 e. The molecule has 0 amide bonds. The van der Waals surface area contributed by atoms with Gasteiger partial charge in [-0.2, -0.15) is 4.94 Å². The number of nitrogens with zero attached hydrogens (tertiary/aromatic N) is 2. The standard InChI is InChI=1S/C14H14N2O3/c17-16(18)19-15(14-9-5-2-6-10-14)12-11-13-7-3-1-4-8-13/h1-10H,11-12H2. The van der Waals surface area contributed by atoms with Crippen molar-refractivity contribution in [2.75, 3.05) is 11.6 Å². The molecule has 0 unspecified atom stereocenters. The van der Waals surface area contributed by atoms with Crippen LogP contribution in [0.4, 0.5) is 5.69 Å². The van der Waals surface area contributed by atoms with Crippen molar-refractivity contribution in [3.63, 3.8) is 0 Å². The molecule has 98 valence electrons. The van der Waals surface area contributed by atoms with Gasteiger partial charge in [0.05, 0.1) is 5.69 Å². The molecule has 0 fully saturated rings. The summed E-state index contributed by atoms with van der Waals surface area (Å²) in [5, 5.41) is 11.0. The molecule has 0 spiro atoms. The van der Waals surface area contributed by atoms with E-state index < -0.39 is 5.09 Å². The summed E-state index contributed by atoms with van der Waals surface area (Å²) < 4.78 is 0. The third-order valence-corrected chi connectivity index (χ3v) is 2.66. The lowest BCUT2D eigenvalue weighted by Gasteiger charge is -2.20. The molecule has 19 heavy (non-hydrogen) atoms. The van der Waals surface area contributed by atoms with E-state index in [0.717, 1.165) is 5.56 Å². The Balaban J connectivity index is 2.04. The molecule has 5 heteroatoms. The Morgan fingerprint density at radius 1 is 1.00 bits per heavy atom. The van der Waals surface area contributed by atoms with E-state index >= 15 is 0 Å². The molecule has 2 aromatic carbocycles. The molecule has 0 aliphatic carbocycles. The second kappa shape index (κ2) is 6.39. The summed E-state index contributed by atoms with van der Waals surface area (Å²) in [4.78, 5) is 15.1. The Bertz CT molecular complexity index is 517. The number of hydrogen-bond donors (Lipinski definition) is 0. The van der Waals surface area contributed by atoms with Crippen LogP contribution in [-0.4, -0.2) is 11.6 Å². The Morgan fingerprint density at radius 2 is 1.58 bits per heavy atom. The second-order valence-corrected chi connectivity index (χ2v) is 3.98. The van der Waals surface area contributed by atoms with Crippen LogP contribution in [0.2, 0.25) is 0 Å². The predicted octanol–water partition coefficient (Wildman–Crippen LogP) is 2.86. The molecule has 0 aliphatic heterocycles. The summed E-state index contributed by atoms with van der Waals surface area (Å²) in [5.74, 6) is 0. The number of hydrogen-bond acceptors (Lipinski definition) is 4. The fourth-order valence-electron chi connectivity index (χ4n) is 1.77. The molecule has 0 radical (unpaired) electrons. The van der Waals surface area contributed by atoms with Crippen LogP contribution in [0.1, 0.15) is 5.56 Å². The maximum atomic E-state index is 10.5. The highest BCUT2D eigenvalue weighted by Crippen LogP contribution is 2.14. The van der Waals surface area contributed by atoms with E-state index in [1.54, 1.807) is 12.1 Å². The van der Waals surface area contributed by atoms with Crippen LogP contribution >= 0.6 is 0 Å². The van der Waals surface area contributed by atoms with E-state index in [4.69, 9.17) is 0 Å². The number of anilines is 1. The number of benzene rings is 2. The van der Waals surface area contributed by atoms with E-state index in [2.05, 4.69) is 4.94 Å². The summed E-state index contributed by atoms with van der Waals surface area (Å²) >= 11 is 0. The fraction of sp³-hybridized carbons (Fsp3) is 0.143. The predicted molar refractivity (Wildman–Crippen MR) is 72.0 cm³/mol. The van der Waals surface area contributed by atoms with Crippen LogP contribution in [0.25, 0.3) is 0 Å². The van der Waals surface area contributed by atoms with E-state index in [0.29, 0.717) is 18.7 Å². The minimum atomic E-state index is -0.794. The normalized spacial score (nSPS) is 9.89. The van der Waals surface area contributed by atoms with Gasteiger partial charge >= 0.3 is 5.09 Å². The molecular formula is C14H14N2O3. The second-order valence-electron chi connectivity index (χ2n) is 3.98. The summed E-state index contributed by atoms with van der Waals surface area (Å²) in [6.07, 6.45) is 0.670. The Hall–Kier alpha value is -2.56. The minimum absolute atomic E-state index is 0.412. The average Bonchev–Trinajstić information content (AvgIpc) is 2.45. The van der Waals surface area contributed by atoms with Crippen LogP contribution < -0.4 is 5.06 Å². The van der Waals surface area contributed by atoms with Gasteiger partial charge in [0.15, 0.2) is 0 Å². The van der Waals surface area contributed by atoms with Crippen LogP contribution in [0.5, 0.6) is 0 Å². The van der Waals surface area contributed by atoms with Gasteiger partial charge in [-0.15, -0.1) is 10.1 Å². The molecule has 2 rings (SSSR count). The van der Waals surface area contributed by atoms with Crippen LogP contribution in [0.3, 0.4) is 0 Å². The van der Waals surface area contributed by atoms with Crippen molar-refractivity contribution < 1.29 is 10.0 Å². The zero-order chi connectivity index (χ0) is 13.5. The van der Waals surface area contributed by atoms with E-state index in [-0.39, 0.29) is 0 Å². The zero-order valence-corrected chi connectivity index (χ0v) is 10.3. The van der Waals surface area contributed by atoms with Gasteiger partial charge in [-0.05, 0) is 24.1 Å². The number of rotatable bonds is 6. The lowest BCUT2D eigenvalue weighted by molar-refractivity contribution is -0.761. The monoisotopic (exact) mass is 258 g/mol. The molecule has 0 bridgehead atoms. The fourth-order valence-corrected chi connectivity index (χ4v) is 1.77. The molecule has 0 aliphatic rings. The topological polar surface area (TPSA) is 55.6 Å². The molecule has 0 saturated heterocycles. The van der Waals surface area contributed by atoms with Crippen molar-refractivity contribution in [2.24, 2.45) is 0 Å². The first-order valence-electron chi connectivity index (χ1n) is 5.95. The molecule has 0 saturated carbocycles. The highest BCUT2D eigenvalue weighted by Gasteiger charge is 2.10. The van der Waals surface area contributed by atoms with Crippen molar-refractivity contribution in [1.82, 2.24) is 0 Å². The maximum Gasteiger partial charge on any atom is 0.317 e. The molecular weight excluding hydrogens is 244 g/mol. The maximum absolute atomic E-state index is 10.5. The highest BCUT2D eigenvalue weighted by molar-refractivity contribution is 5.43. The van der Waals surface area contributed by atoms with Gasteiger partial charge in [0.1, 0.15) is 0 Å². The quantitative estimate of drug-likeness (QED) is 0.590. The number of hydroxylamine groups is 1. The summed E-state index contributed by atoms with van der Waals surface area (Å²) in [5.41, 5.74) is 1.77. The van der Waals surface area contributed by atoms with Crippen molar-refractivity contribution in [2.45, 2.75) is 6.42 Å². The van der Waals surface area contributed by atoms with Crippen molar-refractivity contribution in [3.05, 3.63) is 76.3 Å². The third-order valence-electron chi connectivity index (χ3n) is 2.66. The summed E-state index contributed by atoms with van der Waals surface area (Å²) in [6.45, 7) is 0.412. The SMILES string of the molecule is O=[N+]([O-])ON(CCc1ccccc1)c1ccccc1. The Kier molecular flexibility index (Phi) is 4.34. The third kappa shape index (κ3) is 3.99. The molecule has 5 nitrogen and oxygen atoms in total. The molecule has 2 aromatic rings. The first-order valence-corrected chi connectivity index (χ1v) is 5.95. The Morgan fingerprint density at radius 3 is 2.16 bits per heavy atom. The van der Waals surface area contributed by atoms with Crippen LogP contribution in [0.15, 0.2) is 60.7 Å².